The van der Waals surface area contributed by atoms with Crippen LogP contribution in [0.5, 0.6) is 0 Å². The highest BCUT2D eigenvalue weighted by atomic mass is 16.6. The fraction of sp³-hybridized carbons (Fsp3) is 1.00. The first-order valence-electron chi connectivity index (χ1n) is 8.34. The summed E-state index contributed by atoms with van der Waals surface area (Å²) in [5, 5.41) is 68.2. The average molecular weight is 368 g/mol. The van der Waals surface area contributed by atoms with Crippen LogP contribution in [0.25, 0.3) is 0 Å². The zero-order valence-electron chi connectivity index (χ0n) is 14.0. The molecule has 9 atom stereocenters. The second kappa shape index (κ2) is 8.53. The van der Waals surface area contributed by atoms with Crippen molar-refractivity contribution >= 4 is 0 Å². The molecule has 2 rings (SSSR count). The zero-order chi connectivity index (χ0) is 18.8. The second-order valence-electron chi connectivity index (χ2n) is 6.61. The number of hydrogen-bond acceptors (Lipinski definition) is 10. The third-order valence-corrected chi connectivity index (χ3v) is 4.92. The fourth-order valence-electron chi connectivity index (χ4n) is 3.25. The summed E-state index contributed by atoms with van der Waals surface area (Å²) in [5.41, 5.74) is -1.62. The predicted molar refractivity (Wildman–Crippen MR) is 81.6 cm³/mol. The highest BCUT2D eigenvalue weighted by Crippen LogP contribution is 2.32. The van der Waals surface area contributed by atoms with Gasteiger partial charge in [0, 0.05) is 0 Å². The molecular weight excluding hydrogens is 340 g/mol. The Hall–Kier alpha value is -0.400. The lowest BCUT2D eigenvalue weighted by Crippen LogP contribution is -2.59. The van der Waals surface area contributed by atoms with Gasteiger partial charge < -0.3 is 50.0 Å². The van der Waals surface area contributed by atoms with Crippen LogP contribution >= 0.6 is 0 Å². The van der Waals surface area contributed by atoms with Gasteiger partial charge in [-0.15, -0.1) is 0 Å². The Morgan fingerprint density at radius 1 is 0.880 bits per heavy atom. The molecule has 0 radical (unpaired) electrons. The molecule has 2 fully saturated rings. The van der Waals surface area contributed by atoms with E-state index in [0.717, 1.165) is 0 Å². The van der Waals surface area contributed by atoms with E-state index in [-0.39, 0.29) is 13.2 Å². The molecule has 2 aliphatic heterocycles. The molecule has 0 aliphatic carbocycles. The van der Waals surface area contributed by atoms with Gasteiger partial charge in [0.25, 0.3) is 0 Å². The molecule has 0 aromatic carbocycles. The Morgan fingerprint density at radius 3 is 2.04 bits per heavy atom. The summed E-state index contributed by atoms with van der Waals surface area (Å²) in [6.07, 6.45) is -9.01. The maximum atomic E-state index is 10.1. The van der Waals surface area contributed by atoms with Crippen LogP contribution in [0.1, 0.15) is 13.3 Å². The van der Waals surface area contributed by atoms with Crippen molar-refractivity contribution in [2.24, 2.45) is 0 Å². The van der Waals surface area contributed by atoms with Gasteiger partial charge in [-0.25, -0.2) is 0 Å². The van der Waals surface area contributed by atoms with Gasteiger partial charge in [0.1, 0.15) is 48.3 Å². The molecule has 10 heteroatoms. The Morgan fingerprint density at radius 2 is 1.52 bits per heavy atom. The summed E-state index contributed by atoms with van der Waals surface area (Å²) in [4.78, 5) is 0. The summed E-state index contributed by atoms with van der Waals surface area (Å²) in [6.45, 7) is 0.0386. The average Bonchev–Trinajstić information content (AvgIpc) is 2.86. The highest BCUT2D eigenvalue weighted by molar-refractivity contribution is 5.02. The lowest BCUT2D eigenvalue weighted by atomic mass is 9.94. The monoisotopic (exact) mass is 368 g/mol. The third kappa shape index (κ3) is 3.98. The summed E-state index contributed by atoms with van der Waals surface area (Å²) in [7, 11) is 0. The molecule has 0 bridgehead atoms. The molecule has 3 unspecified atom stereocenters. The maximum absolute atomic E-state index is 10.1. The summed E-state index contributed by atoms with van der Waals surface area (Å²) in [5.74, 6) is 0. The van der Waals surface area contributed by atoms with Crippen molar-refractivity contribution < 1.29 is 50.0 Å². The van der Waals surface area contributed by atoms with E-state index in [4.69, 9.17) is 19.3 Å². The lowest BCUT2D eigenvalue weighted by molar-refractivity contribution is -0.238. The second-order valence-corrected chi connectivity index (χ2v) is 6.61. The molecule has 2 aliphatic rings. The largest absolute Gasteiger partial charge is 0.394 e. The van der Waals surface area contributed by atoms with E-state index < -0.39 is 67.6 Å². The Balaban J connectivity index is 1.94. The number of aliphatic hydroxyl groups is 7. The van der Waals surface area contributed by atoms with Crippen LogP contribution in [0, 0.1) is 0 Å². The van der Waals surface area contributed by atoms with Gasteiger partial charge in [0.15, 0.2) is 0 Å². The van der Waals surface area contributed by atoms with Gasteiger partial charge in [-0.1, -0.05) is 6.92 Å². The van der Waals surface area contributed by atoms with Crippen LogP contribution < -0.4 is 0 Å². The normalized spacial score (nSPS) is 48.0. The predicted octanol–water partition coefficient (Wildman–Crippen LogP) is -3.89. The lowest BCUT2D eigenvalue weighted by Gasteiger charge is -2.40. The topological polar surface area (TPSA) is 169 Å². The highest BCUT2D eigenvalue weighted by Gasteiger charge is 2.54. The van der Waals surface area contributed by atoms with E-state index in [1.807, 2.05) is 0 Å². The molecular formula is C15H28O10. The minimum Gasteiger partial charge on any atom is -0.394 e. The first kappa shape index (κ1) is 20.9. The minimum atomic E-state index is -1.62. The summed E-state index contributed by atoms with van der Waals surface area (Å²) in [6, 6.07) is 0. The van der Waals surface area contributed by atoms with Crippen LogP contribution in [0.4, 0.5) is 0 Å². The molecule has 25 heavy (non-hydrogen) atoms. The number of hydrogen-bond donors (Lipinski definition) is 7. The van der Waals surface area contributed by atoms with Crippen LogP contribution in [0.15, 0.2) is 0 Å². The van der Waals surface area contributed by atoms with Crippen molar-refractivity contribution in [3.8, 4) is 0 Å². The molecule has 0 spiro atoms. The van der Waals surface area contributed by atoms with E-state index in [2.05, 4.69) is 0 Å². The van der Waals surface area contributed by atoms with E-state index in [1.165, 1.54) is 0 Å². The summed E-state index contributed by atoms with van der Waals surface area (Å²) >= 11 is 0. The Bertz CT molecular complexity index is 421. The number of rotatable bonds is 7. The van der Waals surface area contributed by atoms with Gasteiger partial charge in [-0.05, 0) is 6.42 Å². The van der Waals surface area contributed by atoms with Gasteiger partial charge in [0.2, 0.25) is 0 Å². The van der Waals surface area contributed by atoms with Crippen LogP contribution in [-0.2, 0) is 14.2 Å². The summed E-state index contributed by atoms with van der Waals surface area (Å²) < 4.78 is 16.3. The molecule has 0 saturated carbocycles. The van der Waals surface area contributed by atoms with E-state index in [0.29, 0.717) is 6.42 Å². The van der Waals surface area contributed by atoms with E-state index in [9.17, 15) is 30.6 Å². The van der Waals surface area contributed by atoms with Gasteiger partial charge in [0.05, 0.1) is 32.5 Å². The van der Waals surface area contributed by atoms with Gasteiger partial charge in [-0.3, -0.25) is 0 Å². The van der Waals surface area contributed by atoms with E-state index in [1.54, 1.807) is 6.92 Å². The van der Waals surface area contributed by atoms with Gasteiger partial charge >= 0.3 is 0 Å². The van der Waals surface area contributed by atoms with E-state index >= 15 is 0 Å². The van der Waals surface area contributed by atoms with Crippen LogP contribution in [-0.4, -0.2) is 117 Å². The molecule has 2 heterocycles. The van der Waals surface area contributed by atoms with Crippen molar-refractivity contribution in [1.29, 1.82) is 0 Å². The van der Waals surface area contributed by atoms with Crippen molar-refractivity contribution in [3.63, 3.8) is 0 Å². The third-order valence-electron chi connectivity index (χ3n) is 4.92. The smallest absolute Gasteiger partial charge is 0.143 e. The van der Waals surface area contributed by atoms with Crippen molar-refractivity contribution in [1.82, 2.24) is 0 Å². The SMILES string of the molecule is CCC1O[C@H](COC[C@]2(CO)O[C@H](CO)[C@H](O)C2O)C(O)[C@H](O)[C@@H]1O. The quantitative estimate of drug-likeness (QED) is 0.236. The van der Waals surface area contributed by atoms with Crippen molar-refractivity contribution in [2.45, 2.75) is 67.8 Å². The van der Waals surface area contributed by atoms with Gasteiger partial charge in [-0.2, -0.15) is 0 Å². The molecule has 148 valence electrons. The molecule has 0 aromatic heterocycles. The first-order valence-corrected chi connectivity index (χ1v) is 8.34. The Labute approximate surface area is 145 Å². The standard InChI is InChI=1S/C15H28O10/c1-2-7-10(18)13(21)11(19)9(24-7)4-23-6-15(5-17)14(22)12(20)8(3-16)25-15/h7-14,16-22H,2-6H2,1H3/t7?,8-,9-,10-,11?,12+,13-,14?,15+/m1/s1. The first-order chi connectivity index (χ1) is 11.8. The minimum absolute atomic E-state index is 0.195. The molecule has 2 saturated heterocycles. The molecule has 0 aromatic rings. The number of ether oxygens (including phenoxy) is 3. The molecule has 0 amide bonds. The Kier molecular flexibility index (Phi) is 7.13. The van der Waals surface area contributed by atoms with Crippen LogP contribution in [0.2, 0.25) is 0 Å². The number of aliphatic hydroxyl groups excluding tert-OH is 7. The fourth-order valence-corrected chi connectivity index (χ4v) is 3.25. The van der Waals surface area contributed by atoms with Crippen molar-refractivity contribution in [2.75, 3.05) is 26.4 Å². The van der Waals surface area contributed by atoms with Crippen molar-refractivity contribution in [3.05, 3.63) is 0 Å². The molecule has 10 nitrogen and oxygen atoms in total. The van der Waals surface area contributed by atoms with Crippen LogP contribution in [0.3, 0.4) is 0 Å². The maximum Gasteiger partial charge on any atom is 0.143 e. The zero-order valence-corrected chi connectivity index (χ0v) is 14.0. The molecule has 7 N–H and O–H groups in total.